The lowest BCUT2D eigenvalue weighted by molar-refractivity contribution is 0.0924. The molecule has 0 bridgehead atoms. The SMILES string of the molecule is CCOc1c2c(c(OCC)c3ccccc13)C(=O)N(c1cc[c]cc1C)C2=O. The van der Waals surface area contributed by atoms with Crippen LogP contribution in [0.2, 0.25) is 0 Å². The quantitative estimate of drug-likeness (QED) is 0.615. The number of benzene rings is 3. The smallest absolute Gasteiger partial charge is 0.270 e. The Balaban J connectivity index is 2.06. The van der Waals surface area contributed by atoms with Crippen LogP contribution in [0.25, 0.3) is 10.8 Å². The van der Waals surface area contributed by atoms with Crippen molar-refractivity contribution in [2.45, 2.75) is 20.8 Å². The van der Waals surface area contributed by atoms with E-state index in [9.17, 15) is 9.59 Å². The Bertz CT molecular complexity index is 1040. The molecule has 0 saturated carbocycles. The second-order valence-electron chi connectivity index (χ2n) is 6.48. The van der Waals surface area contributed by atoms with Crippen LogP contribution in [0.15, 0.2) is 42.5 Å². The predicted octanol–water partition coefficient (Wildman–Crippen LogP) is 4.55. The molecule has 0 saturated heterocycles. The summed E-state index contributed by atoms with van der Waals surface area (Å²) in [6, 6.07) is 15.6. The number of ether oxygens (including phenoxy) is 2. The Morgan fingerprint density at radius 1 is 0.893 bits per heavy atom. The standard InChI is InChI=1S/C23H20NO4/c1-4-27-20-15-11-7-8-12-16(15)21(28-5-2)19-18(20)22(25)24(23(19)26)17-13-9-6-10-14(17)3/h7-13H,4-5H2,1-3H3. The number of rotatable bonds is 5. The van der Waals surface area contributed by atoms with Gasteiger partial charge in [-0.25, -0.2) is 4.90 Å². The summed E-state index contributed by atoms with van der Waals surface area (Å²) < 4.78 is 11.7. The first-order chi connectivity index (χ1) is 13.6. The van der Waals surface area contributed by atoms with Crippen molar-refractivity contribution in [2.75, 3.05) is 18.1 Å². The van der Waals surface area contributed by atoms with Gasteiger partial charge in [0.15, 0.2) is 0 Å². The third-order valence-corrected chi connectivity index (χ3v) is 4.81. The Kier molecular flexibility index (Phi) is 4.51. The van der Waals surface area contributed by atoms with Gasteiger partial charge in [0.05, 0.1) is 30.0 Å². The van der Waals surface area contributed by atoms with Gasteiger partial charge in [-0.05, 0) is 44.5 Å². The number of carbonyl (C=O) groups excluding carboxylic acids is 2. The summed E-state index contributed by atoms with van der Waals surface area (Å²) in [7, 11) is 0. The van der Waals surface area contributed by atoms with Gasteiger partial charge in [-0.3, -0.25) is 9.59 Å². The Labute approximate surface area is 163 Å². The van der Waals surface area contributed by atoms with Crippen molar-refractivity contribution < 1.29 is 19.1 Å². The summed E-state index contributed by atoms with van der Waals surface area (Å²) in [5.41, 5.74) is 1.86. The van der Waals surface area contributed by atoms with Gasteiger partial charge in [-0.15, -0.1) is 0 Å². The molecule has 3 aromatic rings. The zero-order valence-electron chi connectivity index (χ0n) is 16.0. The molecule has 28 heavy (non-hydrogen) atoms. The second-order valence-corrected chi connectivity index (χ2v) is 6.48. The third kappa shape index (κ3) is 2.54. The van der Waals surface area contributed by atoms with E-state index in [-0.39, 0.29) is 11.1 Å². The maximum absolute atomic E-state index is 13.4. The molecule has 0 N–H and O–H groups in total. The first-order valence-electron chi connectivity index (χ1n) is 9.29. The summed E-state index contributed by atoms with van der Waals surface area (Å²) in [4.78, 5) is 28.0. The van der Waals surface area contributed by atoms with Crippen molar-refractivity contribution in [3.63, 3.8) is 0 Å². The van der Waals surface area contributed by atoms with E-state index in [0.29, 0.717) is 30.4 Å². The van der Waals surface area contributed by atoms with Gasteiger partial charge in [0.2, 0.25) is 0 Å². The van der Waals surface area contributed by atoms with Gasteiger partial charge >= 0.3 is 0 Å². The zero-order valence-corrected chi connectivity index (χ0v) is 16.0. The van der Waals surface area contributed by atoms with Crippen molar-refractivity contribution in [3.8, 4) is 11.5 Å². The largest absolute Gasteiger partial charge is 0.492 e. The van der Waals surface area contributed by atoms with Crippen LogP contribution in [0, 0.1) is 13.0 Å². The number of fused-ring (bicyclic) bond motifs is 2. The van der Waals surface area contributed by atoms with Crippen molar-refractivity contribution in [3.05, 3.63) is 65.2 Å². The second kappa shape index (κ2) is 7.00. The minimum absolute atomic E-state index is 0.265. The molecule has 0 fully saturated rings. The molecule has 3 aromatic carbocycles. The molecule has 1 radical (unpaired) electrons. The first kappa shape index (κ1) is 18.0. The first-order valence-corrected chi connectivity index (χ1v) is 9.29. The van der Waals surface area contributed by atoms with E-state index >= 15 is 0 Å². The molecule has 141 valence electrons. The third-order valence-electron chi connectivity index (χ3n) is 4.81. The molecule has 1 aliphatic heterocycles. The lowest BCUT2D eigenvalue weighted by Gasteiger charge is -2.16. The van der Waals surface area contributed by atoms with Crippen LogP contribution in [0.4, 0.5) is 5.69 Å². The van der Waals surface area contributed by atoms with Gasteiger partial charge in [-0.2, -0.15) is 0 Å². The molecule has 0 spiro atoms. The number of aryl methyl sites for hydroxylation is 1. The highest BCUT2D eigenvalue weighted by Gasteiger charge is 2.43. The molecular weight excluding hydrogens is 354 g/mol. The minimum Gasteiger partial charge on any atom is -0.492 e. The fraction of sp³-hybridized carbons (Fsp3) is 0.217. The molecule has 1 heterocycles. The number of anilines is 1. The van der Waals surface area contributed by atoms with Crippen LogP contribution in [-0.4, -0.2) is 25.0 Å². The number of imide groups is 1. The number of hydrogen-bond acceptors (Lipinski definition) is 4. The van der Waals surface area contributed by atoms with E-state index in [1.165, 1.54) is 4.90 Å². The molecule has 5 nitrogen and oxygen atoms in total. The van der Waals surface area contributed by atoms with Crippen molar-refractivity contribution in [2.24, 2.45) is 0 Å². The highest BCUT2D eigenvalue weighted by Crippen LogP contribution is 2.46. The number of hydrogen-bond donors (Lipinski definition) is 0. The highest BCUT2D eigenvalue weighted by molar-refractivity contribution is 6.38. The summed E-state index contributed by atoms with van der Waals surface area (Å²) in [6.45, 7) is 6.32. The summed E-state index contributed by atoms with van der Waals surface area (Å²) in [6.07, 6.45) is 0. The molecule has 5 heteroatoms. The van der Waals surface area contributed by atoms with Gasteiger partial charge < -0.3 is 9.47 Å². The molecule has 2 amide bonds. The molecular formula is C23H20NO4. The summed E-state index contributed by atoms with van der Waals surface area (Å²) >= 11 is 0. The van der Waals surface area contributed by atoms with E-state index in [1.807, 2.05) is 45.0 Å². The Morgan fingerprint density at radius 2 is 1.43 bits per heavy atom. The van der Waals surface area contributed by atoms with Crippen LogP contribution in [0.3, 0.4) is 0 Å². The van der Waals surface area contributed by atoms with Crippen LogP contribution in [-0.2, 0) is 0 Å². The van der Waals surface area contributed by atoms with Crippen molar-refractivity contribution in [1.29, 1.82) is 0 Å². The molecule has 4 rings (SSSR count). The van der Waals surface area contributed by atoms with Crippen LogP contribution < -0.4 is 14.4 Å². The van der Waals surface area contributed by atoms with Gasteiger partial charge in [-0.1, -0.05) is 30.3 Å². The number of amides is 2. The van der Waals surface area contributed by atoms with E-state index in [4.69, 9.17) is 9.47 Å². The van der Waals surface area contributed by atoms with E-state index in [2.05, 4.69) is 6.07 Å². The summed E-state index contributed by atoms with van der Waals surface area (Å²) in [5, 5.41) is 1.51. The molecule has 0 aliphatic carbocycles. The normalized spacial score (nSPS) is 13.2. The fourth-order valence-electron chi connectivity index (χ4n) is 3.66. The molecule has 0 unspecified atom stereocenters. The lowest BCUT2D eigenvalue weighted by Crippen LogP contribution is -2.30. The van der Waals surface area contributed by atoms with Crippen LogP contribution >= 0.6 is 0 Å². The Morgan fingerprint density at radius 3 is 1.89 bits per heavy atom. The lowest BCUT2D eigenvalue weighted by atomic mass is 9.99. The minimum atomic E-state index is -0.399. The molecule has 1 aliphatic rings. The van der Waals surface area contributed by atoms with Gasteiger partial charge in [0.1, 0.15) is 11.5 Å². The van der Waals surface area contributed by atoms with Crippen molar-refractivity contribution in [1.82, 2.24) is 0 Å². The van der Waals surface area contributed by atoms with E-state index < -0.39 is 11.8 Å². The maximum atomic E-state index is 13.4. The monoisotopic (exact) mass is 374 g/mol. The van der Waals surface area contributed by atoms with Crippen LogP contribution in [0.5, 0.6) is 11.5 Å². The maximum Gasteiger partial charge on any atom is 0.270 e. The van der Waals surface area contributed by atoms with E-state index in [1.54, 1.807) is 18.2 Å². The number of nitrogens with zero attached hydrogens (tertiary/aromatic N) is 1. The fourth-order valence-corrected chi connectivity index (χ4v) is 3.66. The van der Waals surface area contributed by atoms with E-state index in [0.717, 1.165) is 16.3 Å². The highest BCUT2D eigenvalue weighted by atomic mass is 16.5. The molecule has 0 atom stereocenters. The average molecular weight is 374 g/mol. The molecule has 0 aromatic heterocycles. The van der Waals surface area contributed by atoms with Crippen molar-refractivity contribution >= 4 is 28.3 Å². The summed E-state index contributed by atoms with van der Waals surface area (Å²) in [5.74, 6) is 0.0593. The van der Waals surface area contributed by atoms with Gasteiger partial charge in [0.25, 0.3) is 11.8 Å². The zero-order chi connectivity index (χ0) is 19.8. The number of carbonyl (C=O) groups is 2. The topological polar surface area (TPSA) is 55.8 Å². The van der Waals surface area contributed by atoms with Crippen LogP contribution in [0.1, 0.15) is 40.1 Å². The predicted molar refractivity (Wildman–Crippen MR) is 107 cm³/mol. The van der Waals surface area contributed by atoms with Gasteiger partial charge in [0, 0.05) is 10.8 Å². The average Bonchev–Trinajstić information content (AvgIpc) is 2.95. The Hall–Kier alpha value is -3.34.